The van der Waals surface area contributed by atoms with Crippen LogP contribution in [0.3, 0.4) is 0 Å². The van der Waals surface area contributed by atoms with E-state index in [9.17, 15) is 13.2 Å². The van der Waals surface area contributed by atoms with E-state index in [0.29, 0.717) is 24.7 Å². The van der Waals surface area contributed by atoms with E-state index < -0.39 is 10.0 Å². The van der Waals surface area contributed by atoms with Crippen LogP contribution in [0.15, 0.2) is 47.9 Å². The number of aromatic nitrogens is 2. The summed E-state index contributed by atoms with van der Waals surface area (Å²) in [5.41, 5.74) is 0.585. The van der Waals surface area contributed by atoms with E-state index in [-0.39, 0.29) is 17.3 Å². The summed E-state index contributed by atoms with van der Waals surface area (Å²) in [6.07, 6.45) is 8.09. The predicted molar refractivity (Wildman–Crippen MR) is 112 cm³/mol. The molecule has 0 aliphatic carbocycles. The smallest absolute Gasteiger partial charge is 0.243 e. The molecule has 9 heteroatoms. The van der Waals surface area contributed by atoms with Gasteiger partial charge in [0.1, 0.15) is 0 Å². The highest BCUT2D eigenvalue weighted by atomic mass is 32.2. The number of imidazole rings is 1. The number of rotatable bonds is 9. The summed E-state index contributed by atoms with van der Waals surface area (Å²) in [5, 5.41) is 5.89. The Morgan fingerprint density at radius 1 is 1.21 bits per heavy atom. The van der Waals surface area contributed by atoms with Crippen molar-refractivity contribution in [3.05, 3.63) is 43.0 Å². The number of nitrogens with one attached hydrogen (secondary N) is 2. The zero-order valence-electron chi connectivity index (χ0n) is 16.8. The minimum Gasteiger partial charge on any atom is -0.337 e. The van der Waals surface area contributed by atoms with E-state index in [1.54, 1.807) is 41.1 Å². The van der Waals surface area contributed by atoms with E-state index in [0.717, 1.165) is 32.4 Å². The summed E-state index contributed by atoms with van der Waals surface area (Å²) in [6, 6.07) is 6.38. The first-order valence-corrected chi connectivity index (χ1v) is 11.5. The van der Waals surface area contributed by atoms with Gasteiger partial charge in [0.15, 0.2) is 0 Å². The van der Waals surface area contributed by atoms with Gasteiger partial charge in [-0.1, -0.05) is 6.92 Å². The average molecular weight is 420 g/mol. The Hall–Kier alpha value is -2.23. The molecular weight excluding hydrogens is 390 g/mol. The molecule has 2 aromatic rings. The average Bonchev–Trinajstić information content (AvgIpc) is 3.22. The van der Waals surface area contributed by atoms with Crippen LogP contribution in [0.2, 0.25) is 0 Å². The molecule has 1 amide bonds. The molecule has 2 N–H and O–H groups in total. The Morgan fingerprint density at radius 3 is 2.59 bits per heavy atom. The van der Waals surface area contributed by atoms with Crippen molar-refractivity contribution < 1.29 is 13.2 Å². The zero-order chi connectivity index (χ0) is 20.7. The van der Waals surface area contributed by atoms with Gasteiger partial charge in [-0.15, -0.1) is 0 Å². The Morgan fingerprint density at radius 2 is 1.93 bits per heavy atom. The summed E-state index contributed by atoms with van der Waals surface area (Å²) in [5.74, 6) is 0.409. The van der Waals surface area contributed by atoms with Crippen LogP contribution in [0.1, 0.15) is 26.2 Å². The Bertz CT molecular complexity index is 873. The minimum absolute atomic E-state index is 0.159. The molecular formula is C20H29N5O3S. The summed E-state index contributed by atoms with van der Waals surface area (Å²) in [6.45, 7) is 5.05. The number of piperidine rings is 1. The fraction of sp³-hybridized carbons (Fsp3) is 0.500. The topological polar surface area (TPSA) is 96.3 Å². The molecule has 1 aromatic carbocycles. The molecule has 0 bridgehead atoms. The molecule has 0 radical (unpaired) electrons. The number of amides is 1. The fourth-order valence-corrected chi connectivity index (χ4v) is 4.77. The molecule has 0 saturated carbocycles. The van der Waals surface area contributed by atoms with E-state index in [1.165, 1.54) is 0 Å². The third-order valence-corrected chi connectivity index (χ3v) is 7.05. The highest BCUT2D eigenvalue weighted by Crippen LogP contribution is 2.24. The largest absolute Gasteiger partial charge is 0.337 e. The molecule has 1 saturated heterocycles. The van der Waals surface area contributed by atoms with Gasteiger partial charge in [-0.2, -0.15) is 4.31 Å². The molecule has 29 heavy (non-hydrogen) atoms. The van der Waals surface area contributed by atoms with E-state index in [1.807, 2.05) is 10.8 Å². The SMILES string of the molecule is CC1CCN(S(=O)(=O)c2ccc(NC(=O)CNCCCn3ccnc3)cc2)CC1. The van der Waals surface area contributed by atoms with Crippen LogP contribution in [0.4, 0.5) is 5.69 Å². The summed E-state index contributed by atoms with van der Waals surface area (Å²) in [7, 11) is -3.47. The first kappa shape index (κ1) is 21.5. The van der Waals surface area contributed by atoms with Crippen molar-refractivity contribution in [2.24, 2.45) is 5.92 Å². The lowest BCUT2D eigenvalue weighted by Gasteiger charge is -2.29. The molecule has 0 spiro atoms. The molecule has 1 aromatic heterocycles. The van der Waals surface area contributed by atoms with Crippen LogP contribution in [0.25, 0.3) is 0 Å². The highest BCUT2D eigenvalue weighted by molar-refractivity contribution is 7.89. The maximum atomic E-state index is 12.7. The van der Waals surface area contributed by atoms with Gasteiger partial charge in [-0.25, -0.2) is 13.4 Å². The molecule has 0 atom stereocenters. The second kappa shape index (κ2) is 10.00. The van der Waals surface area contributed by atoms with Crippen LogP contribution in [0, 0.1) is 5.92 Å². The van der Waals surface area contributed by atoms with Crippen LogP contribution < -0.4 is 10.6 Å². The molecule has 0 unspecified atom stereocenters. The number of aryl methyl sites for hydroxylation is 1. The lowest BCUT2D eigenvalue weighted by Crippen LogP contribution is -2.37. The number of anilines is 1. The second-order valence-corrected chi connectivity index (χ2v) is 9.43. The number of carbonyl (C=O) groups excluding carboxylic acids is 1. The summed E-state index contributed by atoms with van der Waals surface area (Å²) >= 11 is 0. The third-order valence-electron chi connectivity index (χ3n) is 5.13. The predicted octanol–water partition coefficient (Wildman–Crippen LogP) is 1.92. The number of nitrogens with zero attached hydrogens (tertiary/aromatic N) is 3. The fourth-order valence-electron chi connectivity index (χ4n) is 3.30. The maximum absolute atomic E-state index is 12.7. The van der Waals surface area contributed by atoms with Crippen molar-refractivity contribution in [3.63, 3.8) is 0 Å². The summed E-state index contributed by atoms with van der Waals surface area (Å²) < 4.78 is 29.0. The lowest BCUT2D eigenvalue weighted by molar-refractivity contribution is -0.115. The van der Waals surface area contributed by atoms with Gasteiger partial charge >= 0.3 is 0 Å². The van der Waals surface area contributed by atoms with Gasteiger partial charge in [0.2, 0.25) is 15.9 Å². The second-order valence-electron chi connectivity index (χ2n) is 7.49. The van der Waals surface area contributed by atoms with Crippen LogP contribution >= 0.6 is 0 Å². The van der Waals surface area contributed by atoms with Crippen LogP contribution in [0.5, 0.6) is 0 Å². The van der Waals surface area contributed by atoms with Crippen molar-refractivity contribution in [1.29, 1.82) is 0 Å². The van der Waals surface area contributed by atoms with E-state index in [2.05, 4.69) is 22.5 Å². The number of hydrogen-bond donors (Lipinski definition) is 2. The number of hydrogen-bond acceptors (Lipinski definition) is 5. The Balaban J connectivity index is 1.43. The van der Waals surface area contributed by atoms with Crippen molar-refractivity contribution >= 4 is 21.6 Å². The molecule has 1 aliphatic heterocycles. The quantitative estimate of drug-likeness (QED) is 0.606. The number of sulfonamides is 1. The van der Waals surface area contributed by atoms with E-state index >= 15 is 0 Å². The molecule has 2 heterocycles. The first-order valence-electron chi connectivity index (χ1n) is 10.0. The Kier molecular flexibility index (Phi) is 7.40. The first-order chi connectivity index (χ1) is 13.9. The zero-order valence-corrected chi connectivity index (χ0v) is 17.6. The molecule has 1 fully saturated rings. The standard InChI is InChI=1S/C20H29N5O3S/c1-17-7-12-25(13-8-17)29(27,28)19-5-3-18(4-6-19)23-20(26)15-21-9-2-11-24-14-10-22-16-24/h3-6,10,14,16-17,21H,2,7-9,11-13,15H2,1H3,(H,23,26). The van der Waals surface area contributed by atoms with Crippen molar-refractivity contribution in [3.8, 4) is 0 Å². The number of benzene rings is 1. The third kappa shape index (κ3) is 6.12. The molecule has 1 aliphatic rings. The highest BCUT2D eigenvalue weighted by Gasteiger charge is 2.27. The van der Waals surface area contributed by atoms with E-state index in [4.69, 9.17) is 0 Å². The Labute approximate surface area is 172 Å². The van der Waals surface area contributed by atoms with Gasteiger partial charge in [0, 0.05) is 37.7 Å². The van der Waals surface area contributed by atoms with Gasteiger partial charge in [-0.05, 0) is 56.0 Å². The van der Waals surface area contributed by atoms with Crippen LogP contribution in [-0.4, -0.2) is 54.4 Å². The maximum Gasteiger partial charge on any atom is 0.243 e. The number of carbonyl (C=O) groups is 1. The molecule has 3 rings (SSSR count). The van der Waals surface area contributed by atoms with Crippen molar-refractivity contribution in [2.45, 2.75) is 37.6 Å². The van der Waals surface area contributed by atoms with Gasteiger partial charge in [-0.3, -0.25) is 4.79 Å². The molecule has 158 valence electrons. The normalized spacial score (nSPS) is 16.0. The molecule has 8 nitrogen and oxygen atoms in total. The monoisotopic (exact) mass is 419 g/mol. The van der Waals surface area contributed by atoms with Gasteiger partial charge in [0.05, 0.1) is 17.8 Å². The van der Waals surface area contributed by atoms with Crippen molar-refractivity contribution in [2.75, 3.05) is 31.5 Å². The van der Waals surface area contributed by atoms with Gasteiger partial charge in [0.25, 0.3) is 0 Å². The minimum atomic E-state index is -3.47. The van der Waals surface area contributed by atoms with Gasteiger partial charge < -0.3 is 15.2 Å². The summed E-state index contributed by atoms with van der Waals surface area (Å²) in [4.78, 5) is 16.3. The van der Waals surface area contributed by atoms with Crippen molar-refractivity contribution in [1.82, 2.24) is 19.2 Å². The van der Waals surface area contributed by atoms with Crippen LogP contribution in [-0.2, 0) is 21.4 Å². The lowest BCUT2D eigenvalue weighted by atomic mass is 10.0.